The molecule has 1 saturated heterocycles. The van der Waals surface area contributed by atoms with Crippen LogP contribution in [0.3, 0.4) is 0 Å². The zero-order chi connectivity index (χ0) is 18.7. The minimum absolute atomic E-state index is 0.187. The second-order valence-electron chi connectivity index (χ2n) is 6.25. The summed E-state index contributed by atoms with van der Waals surface area (Å²) in [4.78, 5) is 12.5. The molecule has 1 fully saturated rings. The average molecular weight is 375 g/mol. The van der Waals surface area contributed by atoms with E-state index in [0.29, 0.717) is 26.2 Å². The summed E-state index contributed by atoms with van der Waals surface area (Å²) in [6.45, 7) is 3.88. The third kappa shape index (κ3) is 3.62. The van der Waals surface area contributed by atoms with E-state index in [2.05, 4.69) is 24.0 Å². The molecule has 1 aliphatic rings. The third-order valence-corrected chi connectivity index (χ3v) is 6.73. The van der Waals surface area contributed by atoms with Crippen LogP contribution in [-0.4, -0.2) is 48.7 Å². The molecule has 8 heteroatoms. The Morgan fingerprint density at radius 3 is 2.15 bits per heavy atom. The Morgan fingerprint density at radius 1 is 0.962 bits per heavy atom. The Kier molecular flexibility index (Phi) is 5.36. The van der Waals surface area contributed by atoms with E-state index >= 15 is 0 Å². The number of hydrogen-bond donors (Lipinski definition) is 0. The van der Waals surface area contributed by atoms with Crippen molar-refractivity contribution < 1.29 is 13.3 Å². The van der Waals surface area contributed by atoms with Gasteiger partial charge in [0.15, 0.2) is 4.90 Å². The second kappa shape index (κ2) is 7.53. The zero-order valence-electron chi connectivity index (χ0n) is 14.5. The number of rotatable bonds is 5. The number of benzene rings is 2. The van der Waals surface area contributed by atoms with Gasteiger partial charge in [-0.15, -0.1) is 0 Å². The van der Waals surface area contributed by atoms with Crippen LogP contribution in [0, 0.1) is 10.1 Å². The van der Waals surface area contributed by atoms with E-state index in [-0.39, 0.29) is 16.6 Å². The van der Waals surface area contributed by atoms with E-state index < -0.39 is 14.9 Å². The summed E-state index contributed by atoms with van der Waals surface area (Å²) in [5.74, 6) is 0. The summed E-state index contributed by atoms with van der Waals surface area (Å²) in [6.07, 6.45) is 0. The van der Waals surface area contributed by atoms with Crippen LogP contribution < -0.4 is 0 Å². The molecule has 3 rings (SSSR count). The Bertz CT molecular complexity index is 878. The molecule has 26 heavy (non-hydrogen) atoms. The van der Waals surface area contributed by atoms with Crippen molar-refractivity contribution in [1.29, 1.82) is 0 Å². The Morgan fingerprint density at radius 2 is 1.54 bits per heavy atom. The van der Waals surface area contributed by atoms with Crippen LogP contribution >= 0.6 is 0 Å². The maximum Gasteiger partial charge on any atom is 0.289 e. The molecule has 1 heterocycles. The van der Waals surface area contributed by atoms with Gasteiger partial charge in [-0.25, -0.2) is 8.42 Å². The Hall–Kier alpha value is -2.29. The molecule has 2 aromatic rings. The molecule has 0 aliphatic carbocycles. The highest BCUT2D eigenvalue weighted by Gasteiger charge is 2.34. The summed E-state index contributed by atoms with van der Waals surface area (Å²) in [6, 6.07) is 15.7. The normalized spacial score (nSPS) is 17.7. The summed E-state index contributed by atoms with van der Waals surface area (Å²) >= 11 is 0. The number of hydrogen-bond acceptors (Lipinski definition) is 5. The molecule has 0 aromatic heterocycles. The molecule has 2 aromatic carbocycles. The lowest BCUT2D eigenvalue weighted by atomic mass is 10.1. The van der Waals surface area contributed by atoms with Gasteiger partial charge >= 0.3 is 0 Å². The summed E-state index contributed by atoms with van der Waals surface area (Å²) in [5, 5.41) is 11.2. The van der Waals surface area contributed by atoms with Crippen LogP contribution in [0.5, 0.6) is 0 Å². The van der Waals surface area contributed by atoms with Gasteiger partial charge < -0.3 is 0 Å². The number of piperazine rings is 1. The lowest BCUT2D eigenvalue weighted by molar-refractivity contribution is -0.387. The van der Waals surface area contributed by atoms with Crippen molar-refractivity contribution in [3.8, 4) is 0 Å². The monoisotopic (exact) mass is 375 g/mol. The first kappa shape index (κ1) is 18.5. The van der Waals surface area contributed by atoms with Crippen LogP contribution in [-0.2, 0) is 10.0 Å². The largest absolute Gasteiger partial charge is 0.294 e. The first-order chi connectivity index (χ1) is 12.4. The molecule has 0 amide bonds. The zero-order valence-corrected chi connectivity index (χ0v) is 15.3. The van der Waals surface area contributed by atoms with Gasteiger partial charge in [0.2, 0.25) is 10.0 Å². The fraction of sp³-hybridized carbons (Fsp3) is 0.333. The van der Waals surface area contributed by atoms with Crippen LogP contribution in [0.4, 0.5) is 5.69 Å². The van der Waals surface area contributed by atoms with Crippen molar-refractivity contribution in [3.63, 3.8) is 0 Å². The van der Waals surface area contributed by atoms with Crippen molar-refractivity contribution in [2.24, 2.45) is 0 Å². The van der Waals surface area contributed by atoms with Gasteiger partial charge in [0.05, 0.1) is 4.92 Å². The fourth-order valence-electron chi connectivity index (χ4n) is 3.24. The molecule has 1 aliphatic heterocycles. The molecule has 7 nitrogen and oxygen atoms in total. The number of sulfonamides is 1. The van der Waals surface area contributed by atoms with Crippen LogP contribution in [0.15, 0.2) is 59.5 Å². The molecular weight excluding hydrogens is 354 g/mol. The number of nitrogens with zero attached hydrogens (tertiary/aromatic N) is 3. The summed E-state index contributed by atoms with van der Waals surface area (Å²) in [7, 11) is -3.89. The van der Waals surface area contributed by atoms with E-state index in [1.54, 1.807) is 0 Å². The fourth-order valence-corrected chi connectivity index (χ4v) is 4.82. The molecule has 1 atom stereocenters. The molecule has 0 spiro atoms. The van der Waals surface area contributed by atoms with E-state index in [1.165, 1.54) is 34.1 Å². The van der Waals surface area contributed by atoms with E-state index in [1.807, 2.05) is 18.2 Å². The van der Waals surface area contributed by atoms with Crippen LogP contribution in [0.1, 0.15) is 18.5 Å². The number of para-hydroxylation sites is 1. The molecule has 1 unspecified atom stereocenters. The van der Waals surface area contributed by atoms with E-state index in [0.717, 1.165) is 0 Å². The molecule has 0 radical (unpaired) electrons. The molecule has 138 valence electrons. The average Bonchev–Trinajstić information content (AvgIpc) is 2.68. The number of nitro benzene ring substituents is 1. The highest BCUT2D eigenvalue weighted by Crippen LogP contribution is 2.28. The third-order valence-electron chi connectivity index (χ3n) is 4.78. The molecular formula is C18H21N3O4S. The highest BCUT2D eigenvalue weighted by atomic mass is 32.2. The van der Waals surface area contributed by atoms with Crippen LogP contribution in [0.2, 0.25) is 0 Å². The predicted molar refractivity (Wildman–Crippen MR) is 98.3 cm³/mol. The quantitative estimate of drug-likeness (QED) is 0.593. The highest BCUT2D eigenvalue weighted by molar-refractivity contribution is 7.89. The van der Waals surface area contributed by atoms with Gasteiger partial charge in [0.25, 0.3) is 5.69 Å². The van der Waals surface area contributed by atoms with E-state index in [4.69, 9.17) is 0 Å². The van der Waals surface area contributed by atoms with Gasteiger partial charge in [-0.2, -0.15) is 4.31 Å². The predicted octanol–water partition coefficient (Wildman–Crippen LogP) is 2.66. The Labute approximate surface area is 153 Å². The SMILES string of the molecule is CC(c1ccccc1)N1CCN(S(=O)(=O)c2ccccc2[N+](=O)[O-])CC1. The Balaban J connectivity index is 1.74. The minimum Gasteiger partial charge on any atom is -0.294 e. The molecule has 0 bridgehead atoms. The van der Waals surface area contributed by atoms with Crippen molar-refractivity contribution in [2.45, 2.75) is 17.9 Å². The minimum atomic E-state index is -3.89. The maximum absolute atomic E-state index is 12.9. The lowest BCUT2D eigenvalue weighted by Gasteiger charge is -2.37. The smallest absolute Gasteiger partial charge is 0.289 e. The van der Waals surface area contributed by atoms with Crippen LogP contribution in [0.25, 0.3) is 0 Å². The molecule has 0 saturated carbocycles. The second-order valence-corrected chi connectivity index (χ2v) is 8.16. The van der Waals surface area contributed by atoms with E-state index in [9.17, 15) is 18.5 Å². The summed E-state index contributed by atoms with van der Waals surface area (Å²) in [5.41, 5.74) is 0.801. The maximum atomic E-state index is 12.9. The lowest BCUT2D eigenvalue weighted by Crippen LogP contribution is -2.49. The first-order valence-corrected chi connectivity index (χ1v) is 9.88. The topological polar surface area (TPSA) is 83.8 Å². The molecule has 0 N–H and O–H groups in total. The van der Waals surface area contributed by atoms with Gasteiger partial charge in [-0.05, 0) is 18.6 Å². The van der Waals surface area contributed by atoms with Crippen molar-refractivity contribution >= 4 is 15.7 Å². The van der Waals surface area contributed by atoms with Crippen molar-refractivity contribution in [1.82, 2.24) is 9.21 Å². The first-order valence-electron chi connectivity index (χ1n) is 8.44. The number of nitro groups is 1. The van der Waals surface area contributed by atoms with Gasteiger partial charge in [-0.1, -0.05) is 42.5 Å². The summed E-state index contributed by atoms with van der Waals surface area (Å²) < 4.78 is 27.1. The van der Waals surface area contributed by atoms with Gasteiger partial charge in [-0.3, -0.25) is 15.0 Å². The van der Waals surface area contributed by atoms with Crippen molar-refractivity contribution in [2.75, 3.05) is 26.2 Å². The van der Waals surface area contributed by atoms with Gasteiger partial charge in [0, 0.05) is 38.3 Å². The van der Waals surface area contributed by atoms with Crippen molar-refractivity contribution in [3.05, 3.63) is 70.3 Å². The van der Waals surface area contributed by atoms with Gasteiger partial charge in [0.1, 0.15) is 0 Å². The standard InChI is InChI=1S/C18H21N3O4S/c1-15(16-7-3-2-4-8-16)19-11-13-20(14-12-19)26(24,25)18-10-6-5-9-17(18)21(22)23/h2-10,15H,11-14H2,1H3.